The fraction of sp³-hybridized carbons (Fsp3) is 0.417. The second-order valence-electron chi connectivity index (χ2n) is 8.86. The Bertz CT molecular complexity index is 1160. The third kappa shape index (κ3) is 6.64. The lowest BCUT2D eigenvalue weighted by atomic mass is 9.99. The van der Waals surface area contributed by atoms with Crippen LogP contribution in [-0.2, 0) is 10.0 Å². The van der Waals surface area contributed by atoms with E-state index in [1.807, 2.05) is 25.1 Å². The van der Waals surface area contributed by atoms with Crippen LogP contribution in [0.5, 0.6) is 5.75 Å². The number of likely N-dealkylation sites (N-methyl/N-ethyl adjacent to an activating group) is 1. The summed E-state index contributed by atoms with van der Waals surface area (Å²) in [6.45, 7) is 3.83. The van der Waals surface area contributed by atoms with Crippen LogP contribution < -0.4 is 14.8 Å². The van der Waals surface area contributed by atoms with Crippen molar-refractivity contribution in [2.24, 2.45) is 5.92 Å². The Morgan fingerprint density at radius 2 is 1.91 bits per heavy atom. The summed E-state index contributed by atoms with van der Waals surface area (Å²) in [4.78, 5) is 29.2. The van der Waals surface area contributed by atoms with Crippen LogP contribution in [0.15, 0.2) is 48.5 Å². The summed E-state index contributed by atoms with van der Waals surface area (Å²) in [5, 5.41) is 12.6. The summed E-state index contributed by atoms with van der Waals surface area (Å²) in [5.41, 5.74) is 0.951. The predicted molar refractivity (Wildman–Crippen MR) is 134 cm³/mol. The van der Waals surface area contributed by atoms with Gasteiger partial charge in [0.15, 0.2) is 5.75 Å². The Morgan fingerprint density at radius 3 is 2.54 bits per heavy atom. The zero-order valence-corrected chi connectivity index (χ0v) is 21.1. The number of fused-ring (bicyclic) bond motifs is 1. The number of carbonyl (C=O) groups is 2. The largest absolute Gasteiger partial charge is 0.485 e. The van der Waals surface area contributed by atoms with E-state index < -0.39 is 22.2 Å². The standard InChI is InChI=1S/C24H32N4O6S/c1-16-13-28(17(2)15-29)23(30)19-11-8-12-20(26-35(4,32)33)22(19)34-21(16)14-27(3)24(31)25-18-9-6-5-7-10-18/h5-12,16-17,21,26,29H,13-15H2,1-4H3,(H,25,31)/t16-,17-,21-/m0/s1. The van der Waals surface area contributed by atoms with E-state index in [1.54, 1.807) is 43.1 Å². The molecule has 3 atom stereocenters. The zero-order valence-electron chi connectivity index (χ0n) is 20.3. The van der Waals surface area contributed by atoms with Gasteiger partial charge in [-0.05, 0) is 31.2 Å². The van der Waals surface area contributed by atoms with E-state index in [0.29, 0.717) is 5.69 Å². The highest BCUT2D eigenvalue weighted by Crippen LogP contribution is 2.35. The molecule has 11 heteroatoms. The maximum Gasteiger partial charge on any atom is 0.321 e. The van der Waals surface area contributed by atoms with Crippen LogP contribution in [0.25, 0.3) is 0 Å². The van der Waals surface area contributed by atoms with Crippen molar-refractivity contribution < 1.29 is 27.9 Å². The molecule has 0 saturated carbocycles. The lowest BCUT2D eigenvalue weighted by molar-refractivity contribution is 0.0373. The van der Waals surface area contributed by atoms with Gasteiger partial charge in [-0.15, -0.1) is 0 Å². The van der Waals surface area contributed by atoms with Crippen LogP contribution in [0, 0.1) is 5.92 Å². The van der Waals surface area contributed by atoms with Crippen LogP contribution in [0.4, 0.5) is 16.2 Å². The lowest BCUT2D eigenvalue weighted by Crippen LogP contribution is -2.50. The molecule has 0 aliphatic carbocycles. The van der Waals surface area contributed by atoms with Gasteiger partial charge >= 0.3 is 6.03 Å². The number of hydrogen-bond acceptors (Lipinski definition) is 6. The van der Waals surface area contributed by atoms with Crippen molar-refractivity contribution in [2.45, 2.75) is 26.0 Å². The second-order valence-corrected chi connectivity index (χ2v) is 10.6. The van der Waals surface area contributed by atoms with Gasteiger partial charge in [0.2, 0.25) is 10.0 Å². The van der Waals surface area contributed by atoms with E-state index in [0.717, 1.165) is 6.26 Å². The number of urea groups is 1. The zero-order chi connectivity index (χ0) is 25.8. The highest BCUT2D eigenvalue weighted by atomic mass is 32.2. The molecular weight excluding hydrogens is 472 g/mol. The number of rotatable bonds is 7. The second kappa shape index (κ2) is 11.0. The van der Waals surface area contributed by atoms with Gasteiger partial charge in [-0.1, -0.05) is 31.2 Å². The Labute approximate surface area is 205 Å². The molecule has 3 N–H and O–H groups in total. The number of carbonyl (C=O) groups excluding carboxylic acids is 2. The van der Waals surface area contributed by atoms with Gasteiger partial charge in [-0.25, -0.2) is 13.2 Å². The maximum atomic E-state index is 13.4. The SMILES string of the molecule is C[C@H]1CN([C@@H](C)CO)C(=O)c2cccc(NS(C)(=O)=O)c2O[C@H]1CN(C)C(=O)Nc1ccccc1. The first-order valence-corrected chi connectivity index (χ1v) is 13.2. The van der Waals surface area contributed by atoms with Crippen molar-refractivity contribution >= 4 is 33.3 Å². The number of ether oxygens (including phenoxy) is 1. The normalized spacial score (nSPS) is 19.0. The molecule has 2 aromatic carbocycles. The highest BCUT2D eigenvalue weighted by Gasteiger charge is 2.35. The summed E-state index contributed by atoms with van der Waals surface area (Å²) in [5.74, 6) is -0.537. The molecule has 1 aliphatic rings. The fourth-order valence-corrected chi connectivity index (χ4v) is 4.39. The molecule has 3 amide bonds. The number of para-hydroxylation sites is 2. The molecule has 2 aromatic rings. The van der Waals surface area contributed by atoms with Crippen molar-refractivity contribution in [3.8, 4) is 5.75 Å². The van der Waals surface area contributed by atoms with Gasteiger partial charge in [0.1, 0.15) is 6.10 Å². The van der Waals surface area contributed by atoms with E-state index in [-0.39, 0.29) is 54.6 Å². The van der Waals surface area contributed by atoms with Crippen LogP contribution >= 0.6 is 0 Å². The Hall–Kier alpha value is -3.31. The molecule has 0 fully saturated rings. The molecular formula is C24H32N4O6S. The van der Waals surface area contributed by atoms with E-state index >= 15 is 0 Å². The number of sulfonamides is 1. The van der Waals surface area contributed by atoms with Crippen LogP contribution in [-0.4, -0.2) is 80.4 Å². The molecule has 0 unspecified atom stereocenters. The molecule has 35 heavy (non-hydrogen) atoms. The van der Waals surface area contributed by atoms with Gasteiger partial charge in [0.25, 0.3) is 5.91 Å². The van der Waals surface area contributed by atoms with E-state index in [1.165, 1.54) is 11.0 Å². The first-order chi connectivity index (χ1) is 16.5. The number of nitrogens with one attached hydrogen (secondary N) is 2. The van der Waals surface area contributed by atoms with E-state index in [2.05, 4.69) is 10.0 Å². The quantitative estimate of drug-likeness (QED) is 0.531. The van der Waals surface area contributed by atoms with Gasteiger partial charge in [-0.2, -0.15) is 0 Å². The van der Waals surface area contributed by atoms with E-state index in [4.69, 9.17) is 4.74 Å². The average Bonchev–Trinajstić information content (AvgIpc) is 2.80. The summed E-state index contributed by atoms with van der Waals surface area (Å²) in [7, 11) is -2.02. The minimum Gasteiger partial charge on any atom is -0.485 e. The van der Waals surface area contributed by atoms with E-state index in [9.17, 15) is 23.1 Å². The third-order valence-corrected chi connectivity index (χ3v) is 6.40. The number of aliphatic hydroxyl groups is 1. The number of hydrogen-bond donors (Lipinski definition) is 3. The topological polar surface area (TPSA) is 128 Å². The minimum atomic E-state index is -3.66. The molecule has 0 aromatic heterocycles. The summed E-state index contributed by atoms with van der Waals surface area (Å²) >= 11 is 0. The van der Waals surface area contributed by atoms with Gasteiger partial charge in [0.05, 0.1) is 36.7 Å². The fourth-order valence-electron chi connectivity index (χ4n) is 3.83. The smallest absolute Gasteiger partial charge is 0.321 e. The molecule has 3 rings (SSSR count). The first kappa shape index (κ1) is 26.3. The molecule has 0 radical (unpaired) electrons. The number of aliphatic hydroxyl groups excluding tert-OH is 1. The van der Waals surface area contributed by atoms with Crippen molar-refractivity contribution in [1.29, 1.82) is 0 Å². The molecule has 1 heterocycles. The Kier molecular flexibility index (Phi) is 8.23. The lowest BCUT2D eigenvalue weighted by Gasteiger charge is -2.38. The summed E-state index contributed by atoms with van der Waals surface area (Å²) in [6, 6.07) is 12.9. The number of nitrogens with zero attached hydrogens (tertiary/aromatic N) is 2. The van der Waals surface area contributed by atoms with Crippen molar-refractivity contribution in [3.05, 3.63) is 54.1 Å². The van der Waals surface area contributed by atoms with Gasteiger partial charge in [-0.3, -0.25) is 9.52 Å². The van der Waals surface area contributed by atoms with Crippen LogP contribution in [0.2, 0.25) is 0 Å². The summed E-state index contributed by atoms with van der Waals surface area (Å²) < 4.78 is 32.6. The van der Waals surface area contributed by atoms with Crippen LogP contribution in [0.1, 0.15) is 24.2 Å². The Balaban J connectivity index is 1.95. The molecule has 190 valence electrons. The number of benzene rings is 2. The molecule has 1 aliphatic heterocycles. The van der Waals surface area contributed by atoms with Crippen LogP contribution in [0.3, 0.4) is 0 Å². The Morgan fingerprint density at radius 1 is 1.23 bits per heavy atom. The van der Waals surface area contributed by atoms with Crippen molar-refractivity contribution in [1.82, 2.24) is 9.80 Å². The van der Waals surface area contributed by atoms with Gasteiger partial charge < -0.3 is 25.0 Å². The monoisotopic (exact) mass is 504 g/mol. The first-order valence-electron chi connectivity index (χ1n) is 11.3. The molecule has 0 saturated heterocycles. The number of anilines is 2. The average molecular weight is 505 g/mol. The predicted octanol–water partition coefficient (Wildman–Crippen LogP) is 2.44. The highest BCUT2D eigenvalue weighted by molar-refractivity contribution is 7.92. The molecule has 10 nitrogen and oxygen atoms in total. The maximum absolute atomic E-state index is 13.4. The number of amides is 3. The molecule has 0 bridgehead atoms. The van der Waals surface area contributed by atoms with Crippen molar-refractivity contribution in [3.63, 3.8) is 0 Å². The minimum absolute atomic E-state index is 0.0893. The summed E-state index contributed by atoms with van der Waals surface area (Å²) in [6.07, 6.45) is 0.434. The van der Waals surface area contributed by atoms with Gasteiger partial charge in [0, 0.05) is 25.2 Å². The third-order valence-electron chi connectivity index (χ3n) is 5.81. The molecule has 0 spiro atoms. The van der Waals surface area contributed by atoms with Crippen molar-refractivity contribution in [2.75, 3.05) is 43.0 Å².